The number of aliphatic carboxylic acids is 1. The highest BCUT2D eigenvalue weighted by Crippen LogP contribution is 2.18. The lowest BCUT2D eigenvalue weighted by Gasteiger charge is -2.25. The van der Waals surface area contributed by atoms with E-state index in [-0.39, 0.29) is 24.2 Å². The topological polar surface area (TPSA) is 78.7 Å². The number of carbonyl (C=O) groups is 2. The average Bonchev–Trinajstić information content (AvgIpc) is 2.98. The minimum absolute atomic E-state index is 0.00827. The highest BCUT2D eigenvalue weighted by atomic mass is 19.1. The smallest absolute Gasteiger partial charge is 0.317 e. The van der Waals surface area contributed by atoms with Crippen LogP contribution in [0.3, 0.4) is 0 Å². The van der Waals surface area contributed by atoms with Gasteiger partial charge in [0.2, 0.25) is 0 Å². The van der Waals surface area contributed by atoms with Crippen LogP contribution in [0.15, 0.2) is 36.5 Å². The Morgan fingerprint density at radius 2 is 2.04 bits per heavy atom. The Hall–Kier alpha value is -2.74. The van der Waals surface area contributed by atoms with E-state index in [1.54, 1.807) is 42.4 Å². The molecule has 1 aromatic heterocycles. The van der Waals surface area contributed by atoms with Crippen molar-refractivity contribution in [2.45, 2.75) is 25.3 Å². The van der Waals surface area contributed by atoms with E-state index in [9.17, 15) is 14.0 Å². The van der Waals surface area contributed by atoms with Gasteiger partial charge in [-0.2, -0.15) is 5.10 Å². The van der Waals surface area contributed by atoms with Gasteiger partial charge in [0.1, 0.15) is 11.5 Å². The summed E-state index contributed by atoms with van der Waals surface area (Å²) in [6.07, 6.45) is 3.93. The summed E-state index contributed by atoms with van der Waals surface area (Å²) in [5, 5.41) is 13.2. The molecule has 1 fully saturated rings. The van der Waals surface area contributed by atoms with Gasteiger partial charge in [0.25, 0.3) is 5.91 Å². The average molecular weight is 374 g/mol. The molecule has 1 aromatic carbocycles. The molecule has 2 aromatic rings. The van der Waals surface area contributed by atoms with Gasteiger partial charge in [0.05, 0.1) is 6.54 Å². The Morgan fingerprint density at radius 1 is 1.26 bits per heavy atom. The fourth-order valence-corrected chi connectivity index (χ4v) is 3.44. The Bertz CT molecular complexity index is 823. The van der Waals surface area contributed by atoms with Crippen molar-refractivity contribution in [1.82, 2.24) is 19.6 Å². The molecule has 8 heteroatoms. The third-order valence-electron chi connectivity index (χ3n) is 4.90. The number of hydrogen-bond donors (Lipinski definition) is 1. The maximum atomic E-state index is 13.9. The summed E-state index contributed by atoms with van der Waals surface area (Å²) < 4.78 is 15.3. The number of benzene rings is 1. The van der Waals surface area contributed by atoms with Gasteiger partial charge >= 0.3 is 5.97 Å². The molecule has 1 atom stereocenters. The Kier molecular flexibility index (Phi) is 5.85. The van der Waals surface area contributed by atoms with Crippen molar-refractivity contribution in [3.8, 4) is 5.69 Å². The standard InChI is InChI=1S/C19H23FN4O3/c1-22(13-18(25)26)14-5-4-10-23(11-8-14)19(27)16-9-12-24(21-16)17-7-3-2-6-15(17)20/h2-3,6-7,9,12,14H,4-5,8,10-11,13H2,1H3,(H,25,26). The number of likely N-dealkylation sites (N-methyl/N-ethyl adjacent to an activating group) is 1. The highest BCUT2D eigenvalue weighted by molar-refractivity contribution is 5.92. The number of nitrogens with zero attached hydrogens (tertiary/aromatic N) is 4. The van der Waals surface area contributed by atoms with Gasteiger partial charge in [-0.15, -0.1) is 0 Å². The number of para-hydroxylation sites is 1. The third kappa shape index (κ3) is 4.51. The second-order valence-electron chi connectivity index (χ2n) is 6.78. The molecule has 1 aliphatic heterocycles. The summed E-state index contributed by atoms with van der Waals surface area (Å²) in [6.45, 7) is 1.13. The molecule has 1 unspecified atom stereocenters. The van der Waals surface area contributed by atoms with Crippen LogP contribution in [-0.4, -0.2) is 69.3 Å². The number of likely N-dealkylation sites (tertiary alicyclic amines) is 1. The van der Waals surface area contributed by atoms with E-state index in [1.807, 2.05) is 4.90 Å². The zero-order chi connectivity index (χ0) is 19.4. The lowest BCUT2D eigenvalue weighted by molar-refractivity contribution is -0.138. The Balaban J connectivity index is 1.66. The fourth-order valence-electron chi connectivity index (χ4n) is 3.44. The predicted octanol–water partition coefficient (Wildman–Crippen LogP) is 2.02. The quantitative estimate of drug-likeness (QED) is 0.866. The Morgan fingerprint density at radius 3 is 2.78 bits per heavy atom. The van der Waals surface area contributed by atoms with Crippen LogP contribution >= 0.6 is 0 Å². The molecule has 27 heavy (non-hydrogen) atoms. The molecule has 7 nitrogen and oxygen atoms in total. The molecule has 1 amide bonds. The number of amides is 1. The van der Waals surface area contributed by atoms with E-state index in [1.165, 1.54) is 10.7 Å². The van der Waals surface area contributed by atoms with Gasteiger partial charge in [-0.1, -0.05) is 12.1 Å². The lowest BCUT2D eigenvalue weighted by Crippen LogP contribution is -2.37. The predicted molar refractivity (Wildman–Crippen MR) is 97.3 cm³/mol. The van der Waals surface area contributed by atoms with Crippen LogP contribution in [0, 0.1) is 5.82 Å². The SMILES string of the molecule is CN(CC(=O)O)C1CCCN(C(=O)c2ccn(-c3ccccc3F)n2)CC1. The molecule has 1 aliphatic rings. The van der Waals surface area contributed by atoms with Gasteiger partial charge in [-0.05, 0) is 44.5 Å². The molecule has 1 saturated heterocycles. The first-order valence-electron chi connectivity index (χ1n) is 8.97. The number of carbonyl (C=O) groups excluding carboxylic acids is 1. The number of aromatic nitrogens is 2. The van der Waals surface area contributed by atoms with Gasteiger partial charge < -0.3 is 10.0 Å². The maximum Gasteiger partial charge on any atom is 0.317 e. The zero-order valence-corrected chi connectivity index (χ0v) is 15.2. The molecule has 0 saturated carbocycles. The van der Waals surface area contributed by atoms with Crippen molar-refractivity contribution in [3.05, 3.63) is 48.0 Å². The second kappa shape index (κ2) is 8.30. The number of carboxylic acids is 1. The van der Waals surface area contributed by atoms with Gasteiger partial charge in [0, 0.05) is 25.3 Å². The number of rotatable bonds is 5. The van der Waals surface area contributed by atoms with Crippen molar-refractivity contribution < 1.29 is 19.1 Å². The highest BCUT2D eigenvalue weighted by Gasteiger charge is 2.25. The van der Waals surface area contributed by atoms with Gasteiger partial charge in [-0.3, -0.25) is 14.5 Å². The van der Waals surface area contributed by atoms with E-state index in [0.717, 1.165) is 12.8 Å². The first kappa shape index (κ1) is 19.0. The minimum Gasteiger partial charge on any atom is -0.480 e. The summed E-state index contributed by atoms with van der Waals surface area (Å²) in [7, 11) is 1.80. The first-order chi connectivity index (χ1) is 13.0. The molecule has 144 valence electrons. The molecular weight excluding hydrogens is 351 g/mol. The Labute approximate surface area is 157 Å². The van der Waals surface area contributed by atoms with Crippen LogP contribution in [0.2, 0.25) is 0 Å². The van der Waals surface area contributed by atoms with E-state index < -0.39 is 11.8 Å². The molecule has 3 rings (SSSR count). The van der Waals surface area contributed by atoms with Crippen LogP contribution in [0.4, 0.5) is 4.39 Å². The van der Waals surface area contributed by atoms with Gasteiger partial charge in [0.15, 0.2) is 5.69 Å². The van der Waals surface area contributed by atoms with Crippen LogP contribution in [0.1, 0.15) is 29.8 Å². The van der Waals surface area contributed by atoms with Crippen molar-refractivity contribution in [3.63, 3.8) is 0 Å². The maximum absolute atomic E-state index is 13.9. The van der Waals surface area contributed by atoms with E-state index in [0.29, 0.717) is 25.2 Å². The van der Waals surface area contributed by atoms with Crippen molar-refractivity contribution in [1.29, 1.82) is 0 Å². The summed E-state index contributed by atoms with van der Waals surface area (Å²) in [5.41, 5.74) is 0.568. The summed E-state index contributed by atoms with van der Waals surface area (Å²) in [6, 6.07) is 7.99. The molecule has 0 radical (unpaired) electrons. The van der Waals surface area contributed by atoms with E-state index in [2.05, 4.69) is 5.10 Å². The van der Waals surface area contributed by atoms with E-state index >= 15 is 0 Å². The molecule has 0 aliphatic carbocycles. The van der Waals surface area contributed by atoms with Crippen LogP contribution in [0.25, 0.3) is 5.69 Å². The number of halogens is 1. The second-order valence-corrected chi connectivity index (χ2v) is 6.78. The molecule has 0 bridgehead atoms. The fraction of sp³-hybridized carbons (Fsp3) is 0.421. The molecule has 1 N–H and O–H groups in total. The van der Waals surface area contributed by atoms with Crippen molar-refractivity contribution in [2.24, 2.45) is 0 Å². The van der Waals surface area contributed by atoms with Crippen molar-refractivity contribution in [2.75, 3.05) is 26.7 Å². The zero-order valence-electron chi connectivity index (χ0n) is 15.2. The van der Waals surface area contributed by atoms with Gasteiger partial charge in [-0.25, -0.2) is 9.07 Å². The molecule has 0 spiro atoms. The molecular formula is C19H23FN4O3. The summed E-state index contributed by atoms with van der Waals surface area (Å²) in [4.78, 5) is 27.2. The monoisotopic (exact) mass is 374 g/mol. The van der Waals surface area contributed by atoms with Crippen molar-refractivity contribution >= 4 is 11.9 Å². The van der Waals surface area contributed by atoms with Crippen LogP contribution < -0.4 is 0 Å². The number of carboxylic acid groups (broad SMARTS) is 1. The normalized spacial score (nSPS) is 17.7. The first-order valence-corrected chi connectivity index (χ1v) is 8.97. The van der Waals surface area contributed by atoms with E-state index in [4.69, 9.17) is 5.11 Å². The largest absolute Gasteiger partial charge is 0.480 e. The summed E-state index contributed by atoms with van der Waals surface area (Å²) in [5.74, 6) is -1.45. The third-order valence-corrected chi connectivity index (χ3v) is 4.90. The minimum atomic E-state index is -0.853. The van der Waals surface area contributed by atoms with Crippen LogP contribution in [-0.2, 0) is 4.79 Å². The lowest BCUT2D eigenvalue weighted by atomic mass is 10.1. The van der Waals surface area contributed by atoms with Crippen LogP contribution in [0.5, 0.6) is 0 Å². The summed E-state index contributed by atoms with van der Waals surface area (Å²) >= 11 is 0. The molecule has 2 heterocycles. The number of hydrogen-bond acceptors (Lipinski definition) is 4.